The Morgan fingerprint density at radius 2 is 2.05 bits per heavy atom. The number of ether oxygens (including phenoxy) is 1. The number of carbonyl (C=O) groups excluding carboxylic acids is 2. The molecule has 1 aromatic carbocycles. The molecule has 2 aliphatic heterocycles. The summed E-state index contributed by atoms with van der Waals surface area (Å²) >= 11 is 0. The first-order valence-electron chi connectivity index (χ1n) is 13.3. The van der Waals surface area contributed by atoms with Gasteiger partial charge in [-0.15, -0.1) is 0 Å². The molecule has 37 heavy (non-hydrogen) atoms. The third kappa shape index (κ3) is 4.96. The maximum atomic E-state index is 13.5. The van der Waals surface area contributed by atoms with Crippen molar-refractivity contribution in [2.24, 2.45) is 17.3 Å². The zero-order valence-corrected chi connectivity index (χ0v) is 21.7. The molecule has 3 saturated carbocycles. The lowest BCUT2D eigenvalue weighted by atomic mass is 9.43. The quantitative estimate of drug-likeness (QED) is 0.586. The fraction of sp³-hybridized carbons (Fsp3) is 0.667. The molecule has 6 atom stereocenters. The minimum atomic E-state index is -0.664. The Kier molecular flexibility index (Phi) is 6.97. The highest BCUT2D eigenvalue weighted by Gasteiger charge is 2.68. The highest BCUT2D eigenvalue weighted by atomic mass is 19.1. The summed E-state index contributed by atoms with van der Waals surface area (Å²) in [5.74, 6) is -0.138. The van der Waals surface area contributed by atoms with Gasteiger partial charge in [-0.2, -0.15) is 5.26 Å². The predicted octanol–water partition coefficient (Wildman–Crippen LogP) is 3.64. The normalized spacial score (nSPS) is 32.5. The van der Waals surface area contributed by atoms with Crippen LogP contribution < -0.4 is 5.32 Å². The summed E-state index contributed by atoms with van der Waals surface area (Å²) in [7, 11) is -0.664. The van der Waals surface area contributed by atoms with Crippen molar-refractivity contribution in [2.75, 3.05) is 13.1 Å². The van der Waals surface area contributed by atoms with Crippen LogP contribution in [0.3, 0.4) is 0 Å². The number of piperidine rings is 1. The van der Waals surface area contributed by atoms with E-state index in [4.69, 9.17) is 19.3 Å². The van der Waals surface area contributed by atoms with Crippen LogP contribution in [0.1, 0.15) is 58.4 Å². The number of rotatable bonds is 6. The van der Waals surface area contributed by atoms with E-state index >= 15 is 0 Å². The van der Waals surface area contributed by atoms with Gasteiger partial charge >= 0.3 is 13.2 Å². The maximum Gasteiger partial charge on any atom is 0.482 e. The Morgan fingerprint density at radius 3 is 2.76 bits per heavy atom. The lowest BCUT2D eigenvalue weighted by molar-refractivity contribution is -0.199. The molecule has 3 aliphatic carbocycles. The van der Waals surface area contributed by atoms with Crippen LogP contribution in [0, 0.1) is 34.4 Å². The first-order valence-corrected chi connectivity index (χ1v) is 13.3. The van der Waals surface area contributed by atoms with E-state index in [9.17, 15) is 14.0 Å². The topological polar surface area (TPSA) is 101 Å². The molecular formula is C27H35BFN3O5. The van der Waals surface area contributed by atoms with Crippen molar-refractivity contribution in [3.05, 3.63) is 35.6 Å². The molecule has 0 radical (unpaired) electrons. The summed E-state index contributed by atoms with van der Waals surface area (Å²) in [4.78, 5) is 26.7. The molecule has 198 valence electrons. The number of hydrogen-bond acceptors (Lipinski definition) is 6. The van der Waals surface area contributed by atoms with Crippen LogP contribution in [-0.2, 0) is 25.3 Å². The molecule has 2 bridgehead atoms. The van der Waals surface area contributed by atoms with Gasteiger partial charge in [0.25, 0.3) is 0 Å². The molecule has 0 aromatic heterocycles. The fourth-order valence-corrected chi connectivity index (χ4v) is 6.94. The molecule has 5 fully saturated rings. The van der Waals surface area contributed by atoms with E-state index in [2.05, 4.69) is 26.1 Å². The molecule has 0 spiro atoms. The predicted molar refractivity (Wildman–Crippen MR) is 133 cm³/mol. The molecule has 10 heteroatoms. The van der Waals surface area contributed by atoms with Crippen molar-refractivity contribution in [1.29, 1.82) is 5.26 Å². The lowest BCUT2D eigenvalue weighted by Gasteiger charge is -2.64. The number of nitrogens with zero attached hydrogens (tertiary/aromatic N) is 2. The molecule has 6 rings (SSSR count). The Morgan fingerprint density at radius 1 is 1.30 bits per heavy atom. The van der Waals surface area contributed by atoms with Crippen molar-refractivity contribution in [3.8, 4) is 6.07 Å². The highest BCUT2D eigenvalue weighted by molar-refractivity contribution is 6.47. The van der Waals surface area contributed by atoms with Crippen LogP contribution in [0.5, 0.6) is 0 Å². The third-order valence-electron chi connectivity index (χ3n) is 9.20. The Labute approximate surface area is 217 Å². The number of amides is 2. The number of nitriles is 1. The molecule has 5 aliphatic rings. The summed E-state index contributed by atoms with van der Waals surface area (Å²) in [5.41, 5.74) is 0.605. The number of likely N-dealkylation sites (tertiary alicyclic amines) is 1. The van der Waals surface area contributed by atoms with Crippen molar-refractivity contribution < 1.29 is 28.0 Å². The van der Waals surface area contributed by atoms with Gasteiger partial charge in [0, 0.05) is 6.54 Å². The van der Waals surface area contributed by atoms with Crippen molar-refractivity contribution in [2.45, 2.75) is 83.0 Å². The van der Waals surface area contributed by atoms with Gasteiger partial charge in [-0.25, -0.2) is 9.18 Å². The molecule has 1 N–H and O–H groups in total. The first-order chi connectivity index (χ1) is 17.6. The largest absolute Gasteiger partial charge is 0.482 e. The van der Waals surface area contributed by atoms with E-state index in [1.165, 1.54) is 12.1 Å². The molecule has 5 unspecified atom stereocenters. The van der Waals surface area contributed by atoms with Gasteiger partial charge < -0.3 is 24.3 Å². The van der Waals surface area contributed by atoms with Crippen LogP contribution in [-0.4, -0.2) is 60.9 Å². The molecule has 2 heterocycles. The van der Waals surface area contributed by atoms with E-state index in [1.54, 1.807) is 17.0 Å². The molecule has 8 nitrogen and oxygen atoms in total. The monoisotopic (exact) mass is 511 g/mol. The summed E-state index contributed by atoms with van der Waals surface area (Å²) in [6.45, 7) is 7.54. The van der Waals surface area contributed by atoms with E-state index in [0.717, 1.165) is 18.4 Å². The molecule has 1 aromatic rings. The van der Waals surface area contributed by atoms with E-state index < -0.39 is 30.9 Å². The minimum Gasteiger partial charge on any atom is -0.444 e. The zero-order chi connectivity index (χ0) is 26.4. The Hall–Kier alpha value is -2.64. The number of carbonyl (C=O) groups is 2. The number of alkyl carbamates (subject to hydrolysis) is 1. The second kappa shape index (κ2) is 9.92. The maximum absolute atomic E-state index is 13.5. The highest BCUT2D eigenvalue weighted by Crippen LogP contribution is 2.65. The number of benzene rings is 1. The number of nitrogens with one attached hydrogen (secondary N) is 1. The SMILES string of the molecule is CC1(C)C2CC3OB(C(Cc4ccc(F)cc4)NC(=O)OC4CCCN(C(=O)CC#N)C4)O[C@@]3(C)C1C2. The van der Waals surface area contributed by atoms with Gasteiger partial charge in [0.15, 0.2) is 0 Å². The number of halogens is 1. The van der Waals surface area contributed by atoms with Crippen molar-refractivity contribution >= 4 is 19.1 Å². The van der Waals surface area contributed by atoms with Gasteiger partial charge in [0.2, 0.25) is 5.91 Å². The summed E-state index contributed by atoms with van der Waals surface area (Å²) in [5, 5.41) is 11.8. The lowest BCUT2D eigenvalue weighted by Crippen LogP contribution is -2.65. The second-order valence-corrected chi connectivity index (χ2v) is 11.8. The van der Waals surface area contributed by atoms with Gasteiger partial charge in [-0.05, 0) is 74.0 Å². The minimum absolute atomic E-state index is 0.0409. The second-order valence-electron chi connectivity index (χ2n) is 11.8. The Bertz CT molecular complexity index is 1080. The summed E-state index contributed by atoms with van der Waals surface area (Å²) in [6.07, 6.45) is 2.48. The third-order valence-corrected chi connectivity index (χ3v) is 9.20. The van der Waals surface area contributed by atoms with E-state index in [1.807, 2.05) is 6.07 Å². The smallest absolute Gasteiger partial charge is 0.444 e. The summed E-state index contributed by atoms with van der Waals surface area (Å²) < 4.78 is 32.3. The standard InChI is InChI=1S/C27H35BFN3O5/c1-26(2)18-14-21(26)27(3)22(15-18)36-28(37-27)23(13-17-6-8-19(29)9-7-17)31-25(34)35-20-5-4-12-32(16-20)24(33)10-11-30/h6-9,18,20-23H,4-5,10,12-16H2,1-3H3,(H,31,34)/t18?,20?,21?,22?,23?,27-/m0/s1. The van der Waals surface area contributed by atoms with E-state index in [-0.39, 0.29) is 36.2 Å². The van der Waals surface area contributed by atoms with Crippen LogP contribution in [0.2, 0.25) is 0 Å². The van der Waals surface area contributed by atoms with Crippen molar-refractivity contribution in [1.82, 2.24) is 10.2 Å². The van der Waals surface area contributed by atoms with Crippen LogP contribution >= 0.6 is 0 Å². The fourth-order valence-electron chi connectivity index (χ4n) is 6.94. The number of hydrogen-bond donors (Lipinski definition) is 1. The zero-order valence-electron chi connectivity index (χ0n) is 21.7. The van der Waals surface area contributed by atoms with E-state index in [0.29, 0.717) is 37.6 Å². The van der Waals surface area contributed by atoms with Gasteiger partial charge in [0.1, 0.15) is 18.3 Å². The average molecular weight is 511 g/mol. The van der Waals surface area contributed by atoms with Gasteiger partial charge in [-0.1, -0.05) is 26.0 Å². The molecule has 2 amide bonds. The van der Waals surface area contributed by atoms with Gasteiger partial charge in [-0.3, -0.25) is 4.79 Å². The molecule has 2 saturated heterocycles. The van der Waals surface area contributed by atoms with Gasteiger partial charge in [0.05, 0.1) is 30.3 Å². The van der Waals surface area contributed by atoms with Crippen LogP contribution in [0.15, 0.2) is 24.3 Å². The van der Waals surface area contributed by atoms with Crippen molar-refractivity contribution in [3.63, 3.8) is 0 Å². The summed E-state index contributed by atoms with van der Waals surface area (Å²) in [6, 6.07) is 8.06. The first kappa shape index (κ1) is 26.0. The molecular weight excluding hydrogens is 476 g/mol. The van der Waals surface area contributed by atoms with Crippen LogP contribution in [0.4, 0.5) is 9.18 Å². The average Bonchev–Trinajstić information content (AvgIpc) is 3.22. The van der Waals surface area contributed by atoms with Crippen LogP contribution in [0.25, 0.3) is 0 Å². The Balaban J connectivity index is 1.28.